The van der Waals surface area contributed by atoms with Gasteiger partial charge in [0, 0.05) is 12.6 Å². The average molecular weight is 240 g/mol. The highest BCUT2D eigenvalue weighted by Gasteiger charge is 2.19. The van der Waals surface area contributed by atoms with Crippen LogP contribution < -0.4 is 5.32 Å². The number of amides is 2. The highest BCUT2D eigenvalue weighted by atomic mass is 16.4. The molecule has 1 aromatic rings. The van der Waals surface area contributed by atoms with Crippen LogP contribution in [0.25, 0.3) is 0 Å². The summed E-state index contributed by atoms with van der Waals surface area (Å²) in [6.45, 7) is 2.08. The van der Waals surface area contributed by atoms with Gasteiger partial charge in [-0.15, -0.1) is 0 Å². The van der Waals surface area contributed by atoms with Gasteiger partial charge < -0.3 is 19.7 Å². The number of carbonyl (C=O) groups is 2. The molecule has 1 heterocycles. The summed E-state index contributed by atoms with van der Waals surface area (Å²) in [5, 5.41) is 11.2. The zero-order valence-corrected chi connectivity index (χ0v) is 9.84. The molecular formula is C11H16N2O4. The lowest BCUT2D eigenvalue weighted by atomic mass is 10.2. The molecule has 0 aromatic carbocycles. The summed E-state index contributed by atoms with van der Waals surface area (Å²) in [4.78, 5) is 23.8. The lowest BCUT2D eigenvalue weighted by molar-refractivity contribution is -0.139. The van der Waals surface area contributed by atoms with E-state index < -0.39 is 18.0 Å². The van der Waals surface area contributed by atoms with E-state index in [0.29, 0.717) is 13.0 Å². The van der Waals surface area contributed by atoms with E-state index in [1.807, 2.05) is 0 Å². The van der Waals surface area contributed by atoms with Crippen molar-refractivity contribution >= 4 is 12.0 Å². The van der Waals surface area contributed by atoms with Crippen LogP contribution in [0, 0.1) is 0 Å². The molecule has 0 saturated heterocycles. The molecule has 0 saturated carbocycles. The van der Waals surface area contributed by atoms with Gasteiger partial charge in [0.1, 0.15) is 6.04 Å². The second-order valence-electron chi connectivity index (χ2n) is 3.74. The number of hydrogen-bond donors (Lipinski definition) is 2. The Morgan fingerprint density at radius 1 is 1.59 bits per heavy atom. The Kier molecular flexibility index (Phi) is 4.56. The Hall–Kier alpha value is -1.98. The van der Waals surface area contributed by atoms with Gasteiger partial charge in [0.05, 0.1) is 19.1 Å². The van der Waals surface area contributed by atoms with Crippen LogP contribution in [0.15, 0.2) is 23.0 Å². The monoisotopic (exact) mass is 240 g/mol. The van der Waals surface area contributed by atoms with Crippen molar-refractivity contribution in [1.29, 1.82) is 0 Å². The van der Waals surface area contributed by atoms with Gasteiger partial charge in [0.25, 0.3) is 0 Å². The highest BCUT2D eigenvalue weighted by Crippen LogP contribution is 2.04. The standard InChI is InChI=1S/C11H16N2O4/c1-3-9(10(14)15)12-11(16)13(2)6-8-4-5-17-7-8/h4-5,7,9H,3,6H2,1-2H3,(H,12,16)(H,14,15)/t9-/m0/s1. The Balaban J connectivity index is 2.49. The fourth-order valence-corrected chi connectivity index (χ4v) is 1.33. The molecule has 0 fully saturated rings. The van der Waals surface area contributed by atoms with Crippen LogP contribution in [0.4, 0.5) is 4.79 Å². The molecule has 2 N–H and O–H groups in total. The van der Waals surface area contributed by atoms with Gasteiger partial charge in [-0.25, -0.2) is 9.59 Å². The van der Waals surface area contributed by atoms with Crippen molar-refractivity contribution in [3.63, 3.8) is 0 Å². The molecular weight excluding hydrogens is 224 g/mol. The summed E-state index contributed by atoms with van der Waals surface area (Å²) in [6.07, 6.45) is 3.41. The van der Waals surface area contributed by atoms with Crippen molar-refractivity contribution in [2.45, 2.75) is 25.9 Å². The minimum atomic E-state index is -1.03. The van der Waals surface area contributed by atoms with Crippen LogP contribution in [-0.2, 0) is 11.3 Å². The molecule has 0 unspecified atom stereocenters. The Morgan fingerprint density at radius 3 is 2.76 bits per heavy atom. The summed E-state index contributed by atoms with van der Waals surface area (Å²) in [5.74, 6) is -1.03. The molecule has 0 aliphatic heterocycles. The number of furan rings is 1. The van der Waals surface area contributed by atoms with E-state index in [4.69, 9.17) is 9.52 Å². The first-order chi connectivity index (χ1) is 8.04. The first kappa shape index (κ1) is 13.1. The first-order valence-corrected chi connectivity index (χ1v) is 5.30. The van der Waals surface area contributed by atoms with Crippen LogP contribution >= 0.6 is 0 Å². The third-order valence-electron chi connectivity index (χ3n) is 2.35. The smallest absolute Gasteiger partial charge is 0.326 e. The molecule has 0 aliphatic rings. The van der Waals surface area contributed by atoms with Crippen molar-refractivity contribution in [2.24, 2.45) is 0 Å². The summed E-state index contributed by atoms with van der Waals surface area (Å²) in [7, 11) is 1.59. The molecule has 2 amide bonds. The van der Waals surface area contributed by atoms with E-state index in [1.165, 1.54) is 17.4 Å². The number of carboxylic acids is 1. The Labute approximate surface area is 99.2 Å². The van der Waals surface area contributed by atoms with Gasteiger partial charge in [-0.2, -0.15) is 0 Å². The molecule has 6 nitrogen and oxygen atoms in total. The number of carboxylic acid groups (broad SMARTS) is 1. The van der Waals surface area contributed by atoms with E-state index in [-0.39, 0.29) is 0 Å². The average Bonchev–Trinajstić information content (AvgIpc) is 2.77. The SMILES string of the molecule is CC[C@H](NC(=O)N(C)Cc1ccoc1)C(=O)O. The van der Waals surface area contributed by atoms with Crippen LogP contribution in [-0.4, -0.2) is 35.1 Å². The van der Waals surface area contributed by atoms with Gasteiger partial charge in [0.15, 0.2) is 0 Å². The van der Waals surface area contributed by atoms with E-state index >= 15 is 0 Å². The van der Waals surface area contributed by atoms with Crippen molar-refractivity contribution in [1.82, 2.24) is 10.2 Å². The molecule has 0 spiro atoms. The zero-order valence-electron chi connectivity index (χ0n) is 9.84. The molecule has 1 rings (SSSR count). The number of nitrogens with one attached hydrogen (secondary N) is 1. The minimum absolute atomic E-state index is 0.348. The number of nitrogens with zero attached hydrogens (tertiary/aromatic N) is 1. The van der Waals surface area contributed by atoms with E-state index in [1.54, 1.807) is 20.0 Å². The Bertz CT molecular complexity index is 375. The predicted molar refractivity (Wildman–Crippen MR) is 60.4 cm³/mol. The van der Waals surface area contributed by atoms with E-state index in [2.05, 4.69) is 5.32 Å². The predicted octanol–water partition coefficient (Wildman–Crippen LogP) is 1.28. The molecule has 6 heteroatoms. The fourth-order valence-electron chi connectivity index (χ4n) is 1.33. The van der Waals surface area contributed by atoms with E-state index in [9.17, 15) is 9.59 Å². The van der Waals surface area contributed by atoms with Crippen molar-refractivity contribution < 1.29 is 19.1 Å². The zero-order chi connectivity index (χ0) is 12.8. The summed E-state index contributed by atoms with van der Waals surface area (Å²) in [6, 6.07) is 0.480. The number of hydrogen-bond acceptors (Lipinski definition) is 3. The molecule has 0 bridgehead atoms. The number of aliphatic carboxylic acids is 1. The van der Waals surface area contributed by atoms with Gasteiger partial charge in [0.2, 0.25) is 0 Å². The third-order valence-corrected chi connectivity index (χ3v) is 2.35. The van der Waals surface area contributed by atoms with Gasteiger partial charge >= 0.3 is 12.0 Å². The van der Waals surface area contributed by atoms with Crippen LogP contribution in [0.3, 0.4) is 0 Å². The maximum atomic E-state index is 11.7. The summed E-state index contributed by atoms with van der Waals surface area (Å²) < 4.78 is 4.88. The van der Waals surface area contributed by atoms with Crippen molar-refractivity contribution in [2.75, 3.05) is 7.05 Å². The molecule has 0 radical (unpaired) electrons. The normalized spacial score (nSPS) is 11.9. The minimum Gasteiger partial charge on any atom is -0.480 e. The lowest BCUT2D eigenvalue weighted by Crippen LogP contribution is -2.46. The second-order valence-corrected chi connectivity index (χ2v) is 3.74. The summed E-state index contributed by atoms with van der Waals surface area (Å²) in [5.41, 5.74) is 0.853. The van der Waals surface area contributed by atoms with Crippen LogP contribution in [0.2, 0.25) is 0 Å². The van der Waals surface area contributed by atoms with Gasteiger partial charge in [-0.1, -0.05) is 6.92 Å². The molecule has 1 aromatic heterocycles. The molecule has 94 valence electrons. The van der Waals surface area contributed by atoms with Gasteiger partial charge in [-0.3, -0.25) is 0 Å². The molecule has 0 aliphatic carbocycles. The largest absolute Gasteiger partial charge is 0.480 e. The van der Waals surface area contributed by atoms with Crippen molar-refractivity contribution in [3.05, 3.63) is 24.2 Å². The van der Waals surface area contributed by atoms with E-state index in [0.717, 1.165) is 5.56 Å². The van der Waals surface area contributed by atoms with Crippen LogP contribution in [0.1, 0.15) is 18.9 Å². The maximum Gasteiger partial charge on any atom is 0.326 e. The molecule has 1 atom stereocenters. The third kappa shape index (κ3) is 3.82. The van der Waals surface area contributed by atoms with Gasteiger partial charge in [-0.05, 0) is 12.5 Å². The molecule has 17 heavy (non-hydrogen) atoms. The lowest BCUT2D eigenvalue weighted by Gasteiger charge is -2.20. The topological polar surface area (TPSA) is 82.8 Å². The second kappa shape index (κ2) is 5.93. The number of carbonyl (C=O) groups excluding carboxylic acids is 1. The highest BCUT2D eigenvalue weighted by molar-refractivity contribution is 5.82. The maximum absolute atomic E-state index is 11.7. The fraction of sp³-hybridized carbons (Fsp3) is 0.455. The number of urea groups is 1. The quantitative estimate of drug-likeness (QED) is 0.812. The van der Waals surface area contributed by atoms with Crippen molar-refractivity contribution in [3.8, 4) is 0 Å². The summed E-state index contributed by atoms with van der Waals surface area (Å²) >= 11 is 0. The van der Waals surface area contributed by atoms with Crippen LogP contribution in [0.5, 0.6) is 0 Å². The first-order valence-electron chi connectivity index (χ1n) is 5.30. The Morgan fingerprint density at radius 2 is 2.29 bits per heavy atom. The number of rotatable bonds is 5.